The fourth-order valence-electron chi connectivity index (χ4n) is 3.36. The van der Waals surface area contributed by atoms with Gasteiger partial charge >= 0.3 is 0 Å². The SMILES string of the molecule is Fc1cccc2c1CCC2NCCC1=CCCCC1. The van der Waals surface area contributed by atoms with E-state index >= 15 is 0 Å². The van der Waals surface area contributed by atoms with Crippen LogP contribution in [0.15, 0.2) is 29.8 Å². The average molecular weight is 259 g/mol. The molecule has 0 aromatic heterocycles. The van der Waals surface area contributed by atoms with E-state index in [1.54, 1.807) is 11.6 Å². The van der Waals surface area contributed by atoms with Gasteiger partial charge in [0.25, 0.3) is 0 Å². The van der Waals surface area contributed by atoms with Crippen molar-refractivity contribution in [2.24, 2.45) is 0 Å². The molecule has 1 unspecified atom stereocenters. The minimum absolute atomic E-state index is 0.0308. The van der Waals surface area contributed by atoms with Crippen LogP contribution in [0.4, 0.5) is 4.39 Å². The second kappa shape index (κ2) is 5.87. The number of fused-ring (bicyclic) bond motifs is 1. The van der Waals surface area contributed by atoms with E-state index in [0.29, 0.717) is 6.04 Å². The lowest BCUT2D eigenvalue weighted by molar-refractivity contribution is 0.525. The average Bonchev–Trinajstić information content (AvgIpc) is 2.85. The molecular weight excluding hydrogens is 237 g/mol. The van der Waals surface area contributed by atoms with Crippen LogP contribution in [0.25, 0.3) is 0 Å². The lowest BCUT2D eigenvalue weighted by Crippen LogP contribution is -2.21. The van der Waals surface area contributed by atoms with E-state index in [4.69, 9.17) is 0 Å². The Kier molecular flexibility index (Phi) is 3.97. The molecule has 2 heteroatoms. The molecule has 0 saturated carbocycles. The summed E-state index contributed by atoms with van der Waals surface area (Å²) < 4.78 is 13.6. The Morgan fingerprint density at radius 1 is 1.21 bits per heavy atom. The monoisotopic (exact) mass is 259 g/mol. The molecule has 0 amide bonds. The number of benzene rings is 1. The quantitative estimate of drug-likeness (QED) is 0.795. The summed E-state index contributed by atoms with van der Waals surface area (Å²) in [5.41, 5.74) is 3.71. The van der Waals surface area contributed by atoms with Gasteiger partial charge in [0, 0.05) is 6.04 Å². The second-order valence-electron chi connectivity index (χ2n) is 5.71. The molecule has 19 heavy (non-hydrogen) atoms. The van der Waals surface area contributed by atoms with Crippen LogP contribution in [-0.2, 0) is 6.42 Å². The zero-order valence-corrected chi connectivity index (χ0v) is 11.4. The van der Waals surface area contributed by atoms with Crippen molar-refractivity contribution in [3.8, 4) is 0 Å². The van der Waals surface area contributed by atoms with Crippen LogP contribution in [0.5, 0.6) is 0 Å². The molecular formula is C17H22FN. The van der Waals surface area contributed by atoms with Crippen molar-refractivity contribution >= 4 is 0 Å². The third-order valence-corrected chi connectivity index (χ3v) is 4.44. The third-order valence-electron chi connectivity index (χ3n) is 4.44. The van der Waals surface area contributed by atoms with Crippen LogP contribution in [-0.4, -0.2) is 6.54 Å². The van der Waals surface area contributed by atoms with Gasteiger partial charge < -0.3 is 5.32 Å². The van der Waals surface area contributed by atoms with Crippen molar-refractivity contribution in [1.29, 1.82) is 0 Å². The minimum atomic E-state index is -0.0308. The smallest absolute Gasteiger partial charge is 0.126 e. The van der Waals surface area contributed by atoms with Gasteiger partial charge in [-0.05, 0) is 68.7 Å². The van der Waals surface area contributed by atoms with E-state index in [-0.39, 0.29) is 5.82 Å². The van der Waals surface area contributed by atoms with Crippen molar-refractivity contribution in [2.75, 3.05) is 6.54 Å². The van der Waals surface area contributed by atoms with Gasteiger partial charge in [0.15, 0.2) is 0 Å². The number of halogens is 1. The van der Waals surface area contributed by atoms with Gasteiger partial charge in [-0.15, -0.1) is 0 Å². The molecule has 0 aliphatic heterocycles. The molecule has 1 atom stereocenters. The topological polar surface area (TPSA) is 12.0 Å². The van der Waals surface area contributed by atoms with Crippen LogP contribution in [0.1, 0.15) is 55.7 Å². The van der Waals surface area contributed by atoms with Gasteiger partial charge in [0.05, 0.1) is 0 Å². The van der Waals surface area contributed by atoms with Gasteiger partial charge in [0.1, 0.15) is 5.82 Å². The number of hydrogen-bond acceptors (Lipinski definition) is 1. The summed E-state index contributed by atoms with van der Waals surface area (Å²) in [5, 5.41) is 3.60. The summed E-state index contributed by atoms with van der Waals surface area (Å²) in [6, 6.07) is 5.84. The maximum absolute atomic E-state index is 13.6. The first-order valence-corrected chi connectivity index (χ1v) is 7.53. The molecule has 1 nitrogen and oxygen atoms in total. The molecule has 0 spiro atoms. The number of allylic oxidation sites excluding steroid dienone is 1. The number of nitrogens with one attached hydrogen (secondary N) is 1. The maximum Gasteiger partial charge on any atom is 0.126 e. The summed E-state index contributed by atoms with van der Waals surface area (Å²) >= 11 is 0. The zero-order valence-electron chi connectivity index (χ0n) is 11.4. The van der Waals surface area contributed by atoms with Gasteiger partial charge in [-0.2, -0.15) is 0 Å². The standard InChI is InChI=1S/C17H22FN/c18-16-8-4-7-15-14(16)9-10-17(15)19-12-11-13-5-2-1-3-6-13/h4-5,7-8,17,19H,1-3,6,9-12H2. The molecule has 102 valence electrons. The Morgan fingerprint density at radius 2 is 2.16 bits per heavy atom. The largest absolute Gasteiger partial charge is 0.310 e. The van der Waals surface area contributed by atoms with E-state index in [9.17, 15) is 4.39 Å². The number of rotatable bonds is 4. The lowest BCUT2D eigenvalue weighted by atomic mass is 9.97. The Balaban J connectivity index is 1.55. The van der Waals surface area contributed by atoms with Gasteiger partial charge in [-0.3, -0.25) is 0 Å². The number of hydrogen-bond donors (Lipinski definition) is 1. The van der Waals surface area contributed by atoms with Crippen molar-refractivity contribution in [3.63, 3.8) is 0 Å². The fourth-order valence-corrected chi connectivity index (χ4v) is 3.36. The first-order chi connectivity index (χ1) is 9.34. The Bertz CT molecular complexity index is 478. The summed E-state index contributed by atoms with van der Waals surface area (Å²) in [6.45, 7) is 1.02. The van der Waals surface area contributed by atoms with Crippen LogP contribution >= 0.6 is 0 Å². The van der Waals surface area contributed by atoms with E-state index in [1.165, 1.54) is 31.2 Å². The lowest BCUT2D eigenvalue weighted by Gasteiger charge is -2.17. The maximum atomic E-state index is 13.6. The third kappa shape index (κ3) is 2.89. The molecule has 2 aliphatic carbocycles. The Morgan fingerprint density at radius 3 is 3.00 bits per heavy atom. The molecule has 0 bridgehead atoms. The van der Waals surface area contributed by atoms with E-state index in [0.717, 1.165) is 31.4 Å². The second-order valence-corrected chi connectivity index (χ2v) is 5.71. The predicted octanol–water partition coefficient (Wildman–Crippen LogP) is 4.29. The van der Waals surface area contributed by atoms with E-state index < -0.39 is 0 Å². The molecule has 3 rings (SSSR count). The van der Waals surface area contributed by atoms with Gasteiger partial charge in [-0.1, -0.05) is 23.8 Å². The van der Waals surface area contributed by atoms with Crippen molar-refractivity contribution in [2.45, 2.75) is 51.0 Å². The zero-order chi connectivity index (χ0) is 13.1. The summed E-state index contributed by atoms with van der Waals surface area (Å²) in [7, 11) is 0. The van der Waals surface area contributed by atoms with Crippen LogP contribution < -0.4 is 5.32 Å². The first kappa shape index (κ1) is 12.9. The molecule has 0 heterocycles. The van der Waals surface area contributed by atoms with Crippen molar-refractivity contribution in [1.82, 2.24) is 5.32 Å². The molecule has 1 aromatic rings. The van der Waals surface area contributed by atoms with E-state index in [1.807, 2.05) is 6.07 Å². The highest BCUT2D eigenvalue weighted by Crippen LogP contribution is 2.32. The summed E-state index contributed by atoms with van der Waals surface area (Å²) in [6.07, 6.45) is 10.7. The molecule has 0 radical (unpaired) electrons. The van der Waals surface area contributed by atoms with Crippen LogP contribution in [0.2, 0.25) is 0 Å². The summed E-state index contributed by atoms with van der Waals surface area (Å²) in [4.78, 5) is 0. The minimum Gasteiger partial charge on any atom is -0.310 e. The molecule has 1 N–H and O–H groups in total. The summed E-state index contributed by atoms with van der Waals surface area (Å²) in [5.74, 6) is -0.0308. The molecule has 1 aromatic carbocycles. The predicted molar refractivity (Wildman–Crippen MR) is 76.6 cm³/mol. The highest BCUT2D eigenvalue weighted by Gasteiger charge is 2.24. The van der Waals surface area contributed by atoms with Gasteiger partial charge in [-0.25, -0.2) is 4.39 Å². The Hall–Kier alpha value is -1.15. The van der Waals surface area contributed by atoms with Crippen molar-refractivity contribution < 1.29 is 4.39 Å². The van der Waals surface area contributed by atoms with E-state index in [2.05, 4.69) is 17.5 Å². The molecule has 2 aliphatic rings. The highest BCUT2D eigenvalue weighted by molar-refractivity contribution is 5.35. The van der Waals surface area contributed by atoms with Crippen LogP contribution in [0.3, 0.4) is 0 Å². The Labute approximate surface area is 114 Å². The van der Waals surface area contributed by atoms with Crippen LogP contribution in [0, 0.1) is 5.82 Å². The molecule has 0 saturated heterocycles. The highest BCUT2D eigenvalue weighted by atomic mass is 19.1. The molecule has 0 fully saturated rings. The normalized spacial score (nSPS) is 22.2. The van der Waals surface area contributed by atoms with Crippen molar-refractivity contribution in [3.05, 3.63) is 46.8 Å². The fraction of sp³-hybridized carbons (Fsp3) is 0.529. The van der Waals surface area contributed by atoms with Gasteiger partial charge in [0.2, 0.25) is 0 Å². The first-order valence-electron chi connectivity index (χ1n) is 7.53.